The normalized spacial score (nSPS) is 22.2. The Kier molecular flexibility index (Phi) is 6.27. The third-order valence-corrected chi connectivity index (χ3v) is 5.07. The second-order valence-corrected chi connectivity index (χ2v) is 7.13. The minimum Gasteiger partial charge on any atom is -0.349 e. The molecule has 3 rings (SSSR count). The number of aryl methyl sites for hydroxylation is 1. The van der Waals surface area contributed by atoms with Crippen molar-refractivity contribution in [2.75, 3.05) is 19.8 Å². The molecule has 2 heterocycles. The summed E-state index contributed by atoms with van der Waals surface area (Å²) in [6.45, 7) is 5.38. The number of carbonyl (C=O) groups excluding carboxylic acids is 2. The van der Waals surface area contributed by atoms with E-state index < -0.39 is 0 Å². The summed E-state index contributed by atoms with van der Waals surface area (Å²) in [6, 6.07) is 7.58. The van der Waals surface area contributed by atoms with Gasteiger partial charge in [0, 0.05) is 13.5 Å². The monoisotopic (exact) mass is 360 g/mol. The molecule has 1 aromatic rings. The van der Waals surface area contributed by atoms with E-state index in [4.69, 9.17) is 9.47 Å². The molecule has 2 saturated heterocycles. The summed E-state index contributed by atoms with van der Waals surface area (Å²) in [6.07, 6.45) is 2.88. The van der Waals surface area contributed by atoms with E-state index >= 15 is 0 Å². The molecule has 0 radical (unpaired) electrons. The van der Waals surface area contributed by atoms with Crippen molar-refractivity contribution in [2.24, 2.45) is 0 Å². The fourth-order valence-corrected chi connectivity index (χ4v) is 3.74. The number of hydrogen-bond acceptors (Lipinski definition) is 4. The lowest BCUT2D eigenvalue weighted by molar-refractivity contribution is -0.151. The summed E-state index contributed by atoms with van der Waals surface area (Å²) < 4.78 is 11.3. The van der Waals surface area contributed by atoms with Gasteiger partial charge in [-0.15, -0.1) is 0 Å². The van der Waals surface area contributed by atoms with Crippen molar-refractivity contribution in [3.8, 4) is 0 Å². The van der Waals surface area contributed by atoms with Crippen molar-refractivity contribution < 1.29 is 19.1 Å². The second kappa shape index (κ2) is 8.64. The van der Waals surface area contributed by atoms with Crippen LogP contribution < -0.4 is 5.32 Å². The quantitative estimate of drug-likeness (QED) is 0.875. The molecule has 2 fully saturated rings. The summed E-state index contributed by atoms with van der Waals surface area (Å²) >= 11 is 0. The molecule has 1 aromatic carbocycles. The maximum absolute atomic E-state index is 13.1. The molecule has 2 aliphatic heterocycles. The predicted molar refractivity (Wildman–Crippen MR) is 97.4 cm³/mol. The molecular weight excluding hydrogens is 332 g/mol. The number of nitrogens with one attached hydrogen (secondary N) is 1. The van der Waals surface area contributed by atoms with E-state index in [9.17, 15) is 9.59 Å². The van der Waals surface area contributed by atoms with Crippen molar-refractivity contribution in [3.63, 3.8) is 0 Å². The lowest BCUT2D eigenvalue weighted by Crippen LogP contribution is -2.50. The molecule has 0 spiro atoms. The lowest BCUT2D eigenvalue weighted by Gasteiger charge is -2.38. The molecule has 6 nitrogen and oxygen atoms in total. The number of piperidine rings is 1. The standard InChI is InChI=1S/C20H28N2O4/c1-14-6-8-16(9-7-14)17(21-15(2)23)13-19(24)22-10-4-3-5-18(22)20-25-11-12-26-20/h6-9,17-18,20H,3-5,10-13H2,1-2H3,(H,21,23). The van der Waals surface area contributed by atoms with E-state index in [0.29, 0.717) is 19.8 Å². The zero-order chi connectivity index (χ0) is 18.5. The van der Waals surface area contributed by atoms with Gasteiger partial charge in [-0.3, -0.25) is 9.59 Å². The van der Waals surface area contributed by atoms with Gasteiger partial charge in [0.05, 0.1) is 31.7 Å². The van der Waals surface area contributed by atoms with Crippen LogP contribution in [0.2, 0.25) is 0 Å². The Hall–Kier alpha value is -1.92. The fraction of sp³-hybridized carbons (Fsp3) is 0.600. The summed E-state index contributed by atoms with van der Waals surface area (Å²) in [5.74, 6) is -0.103. The third kappa shape index (κ3) is 4.62. The molecular formula is C20H28N2O4. The largest absolute Gasteiger partial charge is 0.349 e. The molecule has 0 aromatic heterocycles. The highest BCUT2D eigenvalue weighted by molar-refractivity contribution is 5.79. The van der Waals surface area contributed by atoms with E-state index in [1.165, 1.54) is 6.92 Å². The van der Waals surface area contributed by atoms with Crippen LogP contribution in [0.4, 0.5) is 0 Å². The number of benzene rings is 1. The van der Waals surface area contributed by atoms with Crippen LogP contribution in [0.5, 0.6) is 0 Å². The fourth-order valence-electron chi connectivity index (χ4n) is 3.74. The van der Waals surface area contributed by atoms with Crippen LogP contribution in [0.15, 0.2) is 24.3 Å². The first-order chi connectivity index (χ1) is 12.5. The molecule has 0 bridgehead atoms. The van der Waals surface area contributed by atoms with Gasteiger partial charge in [-0.1, -0.05) is 29.8 Å². The van der Waals surface area contributed by atoms with Gasteiger partial charge in [0.15, 0.2) is 6.29 Å². The smallest absolute Gasteiger partial charge is 0.225 e. The first-order valence-corrected chi connectivity index (χ1v) is 9.41. The van der Waals surface area contributed by atoms with Gasteiger partial charge in [0.1, 0.15) is 0 Å². The van der Waals surface area contributed by atoms with Crippen molar-refractivity contribution in [3.05, 3.63) is 35.4 Å². The summed E-state index contributed by atoms with van der Waals surface area (Å²) in [4.78, 5) is 26.6. The topological polar surface area (TPSA) is 67.9 Å². The number of likely N-dealkylation sites (tertiary alicyclic amines) is 1. The molecule has 2 amide bonds. The Morgan fingerprint density at radius 2 is 1.88 bits per heavy atom. The average Bonchev–Trinajstić information content (AvgIpc) is 3.16. The molecule has 1 N–H and O–H groups in total. The van der Waals surface area contributed by atoms with Crippen LogP contribution in [0.25, 0.3) is 0 Å². The molecule has 6 heteroatoms. The van der Waals surface area contributed by atoms with Crippen LogP contribution in [0.1, 0.15) is 49.8 Å². The van der Waals surface area contributed by atoms with Crippen molar-refractivity contribution in [1.29, 1.82) is 0 Å². The first kappa shape index (κ1) is 18.9. The summed E-state index contributed by atoms with van der Waals surface area (Å²) in [7, 11) is 0. The van der Waals surface area contributed by atoms with E-state index in [2.05, 4.69) is 5.32 Å². The van der Waals surface area contributed by atoms with E-state index in [0.717, 1.165) is 30.4 Å². The number of amides is 2. The van der Waals surface area contributed by atoms with Gasteiger partial charge in [-0.2, -0.15) is 0 Å². The highest BCUT2D eigenvalue weighted by Crippen LogP contribution is 2.27. The Morgan fingerprint density at radius 3 is 2.54 bits per heavy atom. The maximum atomic E-state index is 13.1. The SMILES string of the molecule is CC(=O)NC(CC(=O)N1CCCCC1C1OCCO1)c1ccc(C)cc1. The first-order valence-electron chi connectivity index (χ1n) is 9.41. The van der Waals surface area contributed by atoms with Gasteiger partial charge in [0.2, 0.25) is 11.8 Å². The van der Waals surface area contributed by atoms with Crippen LogP contribution in [0.3, 0.4) is 0 Å². The van der Waals surface area contributed by atoms with Gasteiger partial charge in [-0.05, 0) is 31.7 Å². The third-order valence-electron chi connectivity index (χ3n) is 5.07. The molecule has 2 atom stereocenters. The van der Waals surface area contributed by atoms with Crippen LogP contribution >= 0.6 is 0 Å². The number of hydrogen-bond donors (Lipinski definition) is 1. The molecule has 2 aliphatic rings. The average molecular weight is 360 g/mol. The Balaban J connectivity index is 1.72. The zero-order valence-corrected chi connectivity index (χ0v) is 15.6. The van der Waals surface area contributed by atoms with Gasteiger partial charge in [0.25, 0.3) is 0 Å². The summed E-state index contributed by atoms with van der Waals surface area (Å²) in [5.41, 5.74) is 2.09. The Labute approximate surface area is 154 Å². The molecule has 2 unspecified atom stereocenters. The second-order valence-electron chi connectivity index (χ2n) is 7.13. The Bertz CT molecular complexity index is 625. The highest BCUT2D eigenvalue weighted by Gasteiger charge is 2.36. The summed E-state index contributed by atoms with van der Waals surface area (Å²) in [5, 5.41) is 2.92. The van der Waals surface area contributed by atoms with Crippen LogP contribution in [-0.4, -0.2) is 48.8 Å². The van der Waals surface area contributed by atoms with Crippen LogP contribution in [-0.2, 0) is 19.1 Å². The minimum absolute atomic E-state index is 0.0326. The van der Waals surface area contributed by atoms with Crippen molar-refractivity contribution in [2.45, 2.75) is 57.9 Å². The zero-order valence-electron chi connectivity index (χ0n) is 15.6. The molecule has 0 saturated carbocycles. The van der Waals surface area contributed by atoms with E-state index in [-0.39, 0.29) is 36.6 Å². The predicted octanol–water partition coefficient (Wildman–Crippen LogP) is 2.32. The maximum Gasteiger partial charge on any atom is 0.225 e. The number of carbonyl (C=O) groups is 2. The molecule has 26 heavy (non-hydrogen) atoms. The van der Waals surface area contributed by atoms with Gasteiger partial charge in [-0.25, -0.2) is 0 Å². The van der Waals surface area contributed by atoms with Gasteiger partial charge >= 0.3 is 0 Å². The Morgan fingerprint density at radius 1 is 1.19 bits per heavy atom. The van der Waals surface area contributed by atoms with E-state index in [1.807, 2.05) is 36.1 Å². The van der Waals surface area contributed by atoms with Crippen molar-refractivity contribution in [1.82, 2.24) is 10.2 Å². The lowest BCUT2D eigenvalue weighted by atomic mass is 9.98. The number of nitrogens with zero attached hydrogens (tertiary/aromatic N) is 1. The number of rotatable bonds is 5. The molecule has 142 valence electrons. The van der Waals surface area contributed by atoms with Gasteiger partial charge < -0.3 is 19.7 Å². The highest BCUT2D eigenvalue weighted by atomic mass is 16.7. The molecule has 0 aliphatic carbocycles. The van der Waals surface area contributed by atoms with Crippen LogP contribution in [0, 0.1) is 6.92 Å². The van der Waals surface area contributed by atoms with Crippen molar-refractivity contribution >= 4 is 11.8 Å². The number of ether oxygens (including phenoxy) is 2. The van der Waals surface area contributed by atoms with E-state index in [1.54, 1.807) is 0 Å². The minimum atomic E-state index is -0.325.